The van der Waals surface area contributed by atoms with Crippen LogP contribution in [0.4, 0.5) is 0 Å². The van der Waals surface area contributed by atoms with Gasteiger partial charge in [0.15, 0.2) is 5.03 Å². The fraction of sp³-hybridized carbons (Fsp3) is 0.500. The van der Waals surface area contributed by atoms with Crippen molar-refractivity contribution in [1.82, 2.24) is 25.2 Å². The quantitative estimate of drug-likeness (QED) is 0.702. The van der Waals surface area contributed by atoms with E-state index in [0.717, 1.165) is 22.7 Å². The highest BCUT2D eigenvalue weighted by Gasteiger charge is 2.24. The summed E-state index contributed by atoms with van der Waals surface area (Å²) in [5, 5.41) is 10.8. The monoisotopic (exact) mass is 327 g/mol. The fourth-order valence-electron chi connectivity index (χ4n) is 1.92. The van der Waals surface area contributed by atoms with Gasteiger partial charge in [0, 0.05) is 35.8 Å². The number of sulfonamides is 1. The third-order valence-corrected chi connectivity index (χ3v) is 5.54. The minimum absolute atomic E-state index is 0.136. The molecule has 3 rings (SSSR count). The summed E-state index contributed by atoms with van der Waals surface area (Å²) in [5.74, 6) is 0. The van der Waals surface area contributed by atoms with Gasteiger partial charge in [0.1, 0.15) is 0 Å². The van der Waals surface area contributed by atoms with Gasteiger partial charge in [-0.3, -0.25) is 5.10 Å². The van der Waals surface area contributed by atoms with Crippen LogP contribution in [0, 0.1) is 6.92 Å². The second-order valence-corrected chi connectivity index (χ2v) is 8.07. The maximum Gasteiger partial charge on any atom is 0.258 e. The molecule has 1 aliphatic rings. The van der Waals surface area contributed by atoms with Crippen LogP contribution in [0.5, 0.6) is 0 Å². The molecule has 0 unspecified atom stereocenters. The minimum atomic E-state index is -3.59. The van der Waals surface area contributed by atoms with Crippen molar-refractivity contribution in [2.24, 2.45) is 0 Å². The molecule has 0 radical (unpaired) electrons. The molecule has 0 saturated heterocycles. The Morgan fingerprint density at radius 2 is 2.19 bits per heavy atom. The average molecular weight is 327 g/mol. The highest BCUT2D eigenvalue weighted by atomic mass is 32.2. The van der Waals surface area contributed by atoms with E-state index in [1.165, 1.54) is 11.3 Å². The number of aromatic nitrogens is 3. The molecule has 114 valence electrons. The van der Waals surface area contributed by atoms with E-state index in [1.807, 2.05) is 6.92 Å². The van der Waals surface area contributed by atoms with Crippen molar-refractivity contribution < 1.29 is 8.42 Å². The summed E-state index contributed by atoms with van der Waals surface area (Å²) < 4.78 is 27.2. The van der Waals surface area contributed by atoms with Gasteiger partial charge in [-0.05, 0) is 19.8 Å². The predicted octanol–water partition coefficient (Wildman–Crippen LogP) is 0.905. The lowest BCUT2D eigenvalue weighted by molar-refractivity contribution is 0.574. The first-order valence-electron chi connectivity index (χ1n) is 6.71. The summed E-state index contributed by atoms with van der Waals surface area (Å²) in [6, 6.07) is 0.517. The summed E-state index contributed by atoms with van der Waals surface area (Å²) in [6.07, 6.45) is 5.55. The van der Waals surface area contributed by atoms with Crippen molar-refractivity contribution in [2.45, 2.75) is 43.9 Å². The van der Waals surface area contributed by atoms with Crippen LogP contribution in [0.2, 0.25) is 0 Å². The molecular weight excluding hydrogens is 310 g/mol. The van der Waals surface area contributed by atoms with E-state index in [4.69, 9.17) is 0 Å². The molecule has 0 spiro atoms. The van der Waals surface area contributed by atoms with E-state index in [1.54, 1.807) is 12.4 Å². The molecule has 1 aliphatic carbocycles. The molecule has 0 amide bonds. The van der Waals surface area contributed by atoms with Crippen LogP contribution in [-0.2, 0) is 23.1 Å². The summed E-state index contributed by atoms with van der Waals surface area (Å²) in [7, 11) is -3.59. The molecule has 2 aromatic heterocycles. The minimum Gasteiger partial charge on any atom is -0.310 e. The van der Waals surface area contributed by atoms with Crippen molar-refractivity contribution >= 4 is 21.4 Å². The van der Waals surface area contributed by atoms with Gasteiger partial charge in [0.2, 0.25) is 0 Å². The molecule has 21 heavy (non-hydrogen) atoms. The smallest absolute Gasteiger partial charge is 0.258 e. The Hall–Kier alpha value is -1.29. The first kappa shape index (κ1) is 14.6. The van der Waals surface area contributed by atoms with E-state index < -0.39 is 10.0 Å². The number of thiazole rings is 1. The van der Waals surface area contributed by atoms with Crippen LogP contribution in [0.1, 0.15) is 28.3 Å². The topological polar surface area (TPSA) is 99.8 Å². The Bertz CT molecular complexity index is 718. The van der Waals surface area contributed by atoms with E-state index in [9.17, 15) is 8.42 Å². The van der Waals surface area contributed by atoms with Gasteiger partial charge in [0.05, 0.1) is 11.2 Å². The van der Waals surface area contributed by atoms with Gasteiger partial charge >= 0.3 is 0 Å². The predicted molar refractivity (Wildman–Crippen MR) is 79.3 cm³/mol. The van der Waals surface area contributed by atoms with E-state index in [0.29, 0.717) is 18.2 Å². The SMILES string of the molecule is Cc1ncc(CNS(=O)(=O)c2[nH]ncc2CNC2CC2)s1. The number of rotatable bonds is 7. The van der Waals surface area contributed by atoms with Gasteiger partial charge in [0.25, 0.3) is 10.0 Å². The van der Waals surface area contributed by atoms with Crippen molar-refractivity contribution in [2.75, 3.05) is 0 Å². The van der Waals surface area contributed by atoms with Crippen LogP contribution in [-0.4, -0.2) is 29.6 Å². The standard InChI is InChI=1S/C12H17N5O2S2/c1-8-13-6-11(20-8)7-16-21(18,19)12-9(5-15-17-12)4-14-10-2-3-10/h5-6,10,14,16H,2-4,7H2,1H3,(H,15,17). The zero-order valence-electron chi connectivity index (χ0n) is 11.6. The number of nitrogens with one attached hydrogen (secondary N) is 3. The third kappa shape index (κ3) is 3.67. The lowest BCUT2D eigenvalue weighted by Gasteiger charge is -2.06. The van der Waals surface area contributed by atoms with Crippen LogP contribution in [0.3, 0.4) is 0 Å². The van der Waals surface area contributed by atoms with Crippen LogP contribution < -0.4 is 10.0 Å². The second kappa shape index (κ2) is 5.84. The molecule has 0 aliphatic heterocycles. The van der Waals surface area contributed by atoms with Crippen LogP contribution >= 0.6 is 11.3 Å². The molecule has 2 aromatic rings. The number of aryl methyl sites for hydroxylation is 1. The molecule has 1 saturated carbocycles. The first-order chi connectivity index (χ1) is 10.0. The zero-order valence-corrected chi connectivity index (χ0v) is 13.2. The Labute approximate surface area is 127 Å². The summed E-state index contributed by atoms with van der Waals surface area (Å²) in [4.78, 5) is 4.99. The van der Waals surface area contributed by atoms with Gasteiger partial charge < -0.3 is 5.32 Å². The lowest BCUT2D eigenvalue weighted by atomic mass is 10.3. The molecule has 7 nitrogen and oxygen atoms in total. The summed E-state index contributed by atoms with van der Waals surface area (Å²) in [6.45, 7) is 2.64. The van der Waals surface area contributed by atoms with Gasteiger partial charge in [-0.15, -0.1) is 11.3 Å². The van der Waals surface area contributed by atoms with Crippen LogP contribution in [0.25, 0.3) is 0 Å². The van der Waals surface area contributed by atoms with E-state index in [-0.39, 0.29) is 11.6 Å². The molecule has 1 fully saturated rings. The summed E-state index contributed by atoms with van der Waals surface area (Å²) >= 11 is 1.48. The Morgan fingerprint density at radius 3 is 2.86 bits per heavy atom. The van der Waals surface area contributed by atoms with Crippen molar-refractivity contribution in [3.8, 4) is 0 Å². The largest absolute Gasteiger partial charge is 0.310 e. The maximum atomic E-state index is 12.3. The maximum absolute atomic E-state index is 12.3. The van der Waals surface area contributed by atoms with Crippen LogP contribution in [0.15, 0.2) is 17.4 Å². The molecule has 9 heteroatoms. The first-order valence-corrected chi connectivity index (χ1v) is 9.01. The number of aromatic amines is 1. The molecule has 0 atom stereocenters. The number of nitrogens with zero attached hydrogens (tertiary/aromatic N) is 2. The normalized spacial score (nSPS) is 15.5. The summed E-state index contributed by atoms with van der Waals surface area (Å²) in [5.41, 5.74) is 0.662. The molecule has 3 N–H and O–H groups in total. The van der Waals surface area contributed by atoms with E-state index in [2.05, 4.69) is 25.2 Å². The zero-order chi connectivity index (χ0) is 14.9. The Kier molecular flexibility index (Phi) is 4.07. The lowest BCUT2D eigenvalue weighted by Crippen LogP contribution is -2.25. The Balaban J connectivity index is 1.67. The molecule has 0 aromatic carbocycles. The molecular formula is C12H17N5O2S2. The molecule has 2 heterocycles. The fourth-order valence-corrected chi connectivity index (χ4v) is 3.88. The average Bonchev–Trinajstić information content (AvgIpc) is 2.97. The Morgan fingerprint density at radius 1 is 1.38 bits per heavy atom. The van der Waals surface area contributed by atoms with Crippen molar-refractivity contribution in [1.29, 1.82) is 0 Å². The van der Waals surface area contributed by atoms with Crippen molar-refractivity contribution in [3.63, 3.8) is 0 Å². The van der Waals surface area contributed by atoms with Gasteiger partial charge in [-0.2, -0.15) is 5.10 Å². The highest BCUT2D eigenvalue weighted by Crippen LogP contribution is 2.20. The van der Waals surface area contributed by atoms with Crippen molar-refractivity contribution in [3.05, 3.63) is 27.8 Å². The van der Waals surface area contributed by atoms with Gasteiger partial charge in [-0.25, -0.2) is 18.1 Å². The number of hydrogen-bond acceptors (Lipinski definition) is 6. The highest BCUT2D eigenvalue weighted by molar-refractivity contribution is 7.89. The van der Waals surface area contributed by atoms with Gasteiger partial charge in [-0.1, -0.05) is 0 Å². The number of H-pyrrole nitrogens is 1. The third-order valence-electron chi connectivity index (χ3n) is 3.21. The second-order valence-electron chi connectivity index (χ2n) is 5.05. The molecule has 0 bridgehead atoms. The number of hydrogen-bond donors (Lipinski definition) is 3. The van der Waals surface area contributed by atoms with E-state index >= 15 is 0 Å².